The standard InChI is InChI=1S/C8H12BrN/c1-6(2)5-8-7(9)3-4-10-8/h3-4,6,10H,5H2,1-2H3. The molecular weight excluding hydrogens is 190 g/mol. The van der Waals surface area contributed by atoms with E-state index in [9.17, 15) is 0 Å². The zero-order chi connectivity index (χ0) is 7.56. The highest BCUT2D eigenvalue weighted by Crippen LogP contribution is 2.17. The third kappa shape index (κ3) is 1.87. The van der Waals surface area contributed by atoms with Gasteiger partial charge in [0.05, 0.1) is 0 Å². The first kappa shape index (κ1) is 7.86. The van der Waals surface area contributed by atoms with Crippen molar-refractivity contribution in [3.8, 4) is 0 Å². The van der Waals surface area contributed by atoms with Gasteiger partial charge in [0.1, 0.15) is 0 Å². The van der Waals surface area contributed by atoms with Crippen LogP contribution in [0.3, 0.4) is 0 Å². The first-order valence-electron chi connectivity index (χ1n) is 3.52. The lowest BCUT2D eigenvalue weighted by atomic mass is 10.1. The molecule has 1 nitrogen and oxygen atoms in total. The second kappa shape index (κ2) is 3.24. The monoisotopic (exact) mass is 201 g/mol. The van der Waals surface area contributed by atoms with Crippen molar-refractivity contribution < 1.29 is 0 Å². The number of aromatic nitrogens is 1. The van der Waals surface area contributed by atoms with Gasteiger partial charge >= 0.3 is 0 Å². The molecule has 0 unspecified atom stereocenters. The Hall–Kier alpha value is -0.240. The molecular formula is C8H12BrN. The predicted molar refractivity (Wildman–Crippen MR) is 47.0 cm³/mol. The molecule has 0 aliphatic heterocycles. The number of nitrogens with one attached hydrogen (secondary N) is 1. The Morgan fingerprint density at radius 1 is 1.60 bits per heavy atom. The Bertz CT molecular complexity index is 203. The Kier molecular flexibility index (Phi) is 2.55. The van der Waals surface area contributed by atoms with E-state index in [1.807, 2.05) is 12.3 Å². The van der Waals surface area contributed by atoms with Crippen molar-refractivity contribution in [2.24, 2.45) is 5.92 Å². The summed E-state index contributed by atoms with van der Waals surface area (Å²) in [5.74, 6) is 0.718. The third-order valence-corrected chi connectivity index (χ3v) is 2.13. The summed E-state index contributed by atoms with van der Waals surface area (Å²) in [6, 6.07) is 2.04. The summed E-state index contributed by atoms with van der Waals surface area (Å²) in [6.07, 6.45) is 3.08. The van der Waals surface area contributed by atoms with Gasteiger partial charge < -0.3 is 4.98 Å². The first-order chi connectivity index (χ1) is 4.70. The van der Waals surface area contributed by atoms with Gasteiger partial charge in [0.15, 0.2) is 0 Å². The van der Waals surface area contributed by atoms with E-state index in [-0.39, 0.29) is 0 Å². The van der Waals surface area contributed by atoms with Gasteiger partial charge in [-0.05, 0) is 34.3 Å². The molecule has 0 spiro atoms. The number of hydrogen-bond donors (Lipinski definition) is 1. The van der Waals surface area contributed by atoms with Crippen molar-refractivity contribution in [2.45, 2.75) is 20.3 Å². The molecule has 2 heteroatoms. The topological polar surface area (TPSA) is 15.8 Å². The van der Waals surface area contributed by atoms with E-state index < -0.39 is 0 Å². The highest BCUT2D eigenvalue weighted by Gasteiger charge is 2.01. The molecule has 1 aromatic heterocycles. The van der Waals surface area contributed by atoms with Crippen molar-refractivity contribution in [1.82, 2.24) is 4.98 Å². The van der Waals surface area contributed by atoms with Gasteiger partial charge in [0.2, 0.25) is 0 Å². The van der Waals surface area contributed by atoms with Crippen LogP contribution in [0, 0.1) is 5.92 Å². The van der Waals surface area contributed by atoms with E-state index in [1.165, 1.54) is 10.2 Å². The zero-order valence-corrected chi connectivity index (χ0v) is 7.90. The first-order valence-corrected chi connectivity index (χ1v) is 4.31. The van der Waals surface area contributed by atoms with Crippen molar-refractivity contribution >= 4 is 15.9 Å². The summed E-state index contributed by atoms with van der Waals surface area (Å²) in [6.45, 7) is 4.43. The summed E-state index contributed by atoms with van der Waals surface area (Å²) in [4.78, 5) is 3.19. The van der Waals surface area contributed by atoms with Gasteiger partial charge in [-0.2, -0.15) is 0 Å². The summed E-state index contributed by atoms with van der Waals surface area (Å²) in [5.41, 5.74) is 1.30. The molecule has 56 valence electrons. The number of rotatable bonds is 2. The molecule has 1 heterocycles. The van der Waals surface area contributed by atoms with E-state index >= 15 is 0 Å². The van der Waals surface area contributed by atoms with E-state index in [0.717, 1.165) is 12.3 Å². The molecule has 0 fully saturated rings. The smallest absolute Gasteiger partial charge is 0.0382 e. The molecule has 0 aliphatic rings. The maximum absolute atomic E-state index is 3.46. The van der Waals surface area contributed by atoms with Crippen molar-refractivity contribution in [3.05, 3.63) is 22.4 Å². The van der Waals surface area contributed by atoms with Crippen LogP contribution in [0.4, 0.5) is 0 Å². The molecule has 0 saturated heterocycles. The largest absolute Gasteiger partial charge is 0.364 e. The van der Waals surface area contributed by atoms with Gasteiger partial charge in [-0.1, -0.05) is 13.8 Å². The molecule has 0 aliphatic carbocycles. The van der Waals surface area contributed by atoms with Crippen molar-refractivity contribution in [2.75, 3.05) is 0 Å². The summed E-state index contributed by atoms with van der Waals surface area (Å²) in [7, 11) is 0. The number of hydrogen-bond acceptors (Lipinski definition) is 0. The maximum atomic E-state index is 3.46. The SMILES string of the molecule is CC(C)Cc1[nH]ccc1Br. The number of aromatic amines is 1. The lowest BCUT2D eigenvalue weighted by Gasteiger charge is -2.01. The Morgan fingerprint density at radius 2 is 2.30 bits per heavy atom. The average molecular weight is 202 g/mol. The molecule has 0 bridgehead atoms. The lowest BCUT2D eigenvalue weighted by molar-refractivity contribution is 0.636. The Morgan fingerprint density at radius 3 is 2.70 bits per heavy atom. The fourth-order valence-corrected chi connectivity index (χ4v) is 1.36. The van der Waals surface area contributed by atoms with Crippen LogP contribution in [0.25, 0.3) is 0 Å². The van der Waals surface area contributed by atoms with Gasteiger partial charge in [0, 0.05) is 16.4 Å². The van der Waals surface area contributed by atoms with E-state index in [1.54, 1.807) is 0 Å². The number of halogens is 1. The summed E-state index contributed by atoms with van der Waals surface area (Å²) >= 11 is 3.46. The minimum absolute atomic E-state index is 0.718. The van der Waals surface area contributed by atoms with Crippen LogP contribution in [-0.2, 0) is 6.42 Å². The van der Waals surface area contributed by atoms with Crippen LogP contribution in [0.5, 0.6) is 0 Å². The third-order valence-electron chi connectivity index (χ3n) is 1.39. The molecule has 1 N–H and O–H groups in total. The molecule has 0 atom stereocenters. The second-order valence-electron chi connectivity index (χ2n) is 2.90. The fraction of sp³-hybridized carbons (Fsp3) is 0.500. The summed E-state index contributed by atoms with van der Waals surface area (Å²) < 4.78 is 1.20. The second-order valence-corrected chi connectivity index (χ2v) is 3.76. The highest BCUT2D eigenvalue weighted by molar-refractivity contribution is 9.10. The van der Waals surface area contributed by atoms with E-state index in [2.05, 4.69) is 34.8 Å². The molecule has 0 amide bonds. The molecule has 0 aromatic carbocycles. The quantitative estimate of drug-likeness (QED) is 0.758. The summed E-state index contributed by atoms with van der Waals surface area (Å²) in [5, 5.41) is 0. The Balaban J connectivity index is 2.65. The minimum atomic E-state index is 0.718. The predicted octanol–water partition coefficient (Wildman–Crippen LogP) is 2.98. The van der Waals surface area contributed by atoms with Gasteiger partial charge in [-0.25, -0.2) is 0 Å². The fourth-order valence-electron chi connectivity index (χ4n) is 0.950. The molecule has 0 radical (unpaired) electrons. The normalized spacial score (nSPS) is 10.8. The molecule has 1 rings (SSSR count). The molecule has 0 saturated carbocycles. The van der Waals surface area contributed by atoms with Crippen LogP contribution in [-0.4, -0.2) is 4.98 Å². The van der Waals surface area contributed by atoms with Crippen LogP contribution in [0.15, 0.2) is 16.7 Å². The van der Waals surface area contributed by atoms with Crippen LogP contribution in [0.1, 0.15) is 19.5 Å². The number of H-pyrrole nitrogens is 1. The van der Waals surface area contributed by atoms with Crippen LogP contribution < -0.4 is 0 Å². The van der Waals surface area contributed by atoms with Gasteiger partial charge in [-0.3, -0.25) is 0 Å². The minimum Gasteiger partial charge on any atom is -0.364 e. The molecule has 1 aromatic rings. The van der Waals surface area contributed by atoms with Gasteiger partial charge in [-0.15, -0.1) is 0 Å². The maximum Gasteiger partial charge on any atom is 0.0382 e. The average Bonchev–Trinajstić information content (AvgIpc) is 2.15. The van der Waals surface area contributed by atoms with Crippen LogP contribution in [0.2, 0.25) is 0 Å². The van der Waals surface area contributed by atoms with Crippen LogP contribution >= 0.6 is 15.9 Å². The zero-order valence-electron chi connectivity index (χ0n) is 6.32. The lowest BCUT2D eigenvalue weighted by Crippen LogP contribution is -1.94. The van der Waals surface area contributed by atoms with Gasteiger partial charge in [0.25, 0.3) is 0 Å². The Labute approximate surface area is 70.0 Å². The van der Waals surface area contributed by atoms with E-state index in [4.69, 9.17) is 0 Å². The van der Waals surface area contributed by atoms with E-state index in [0.29, 0.717) is 0 Å². The highest BCUT2D eigenvalue weighted by atomic mass is 79.9. The van der Waals surface area contributed by atoms with Crippen molar-refractivity contribution in [3.63, 3.8) is 0 Å². The molecule has 10 heavy (non-hydrogen) atoms. The van der Waals surface area contributed by atoms with Crippen molar-refractivity contribution in [1.29, 1.82) is 0 Å².